The summed E-state index contributed by atoms with van der Waals surface area (Å²) in [6.45, 7) is 2.15. The second-order valence-electron chi connectivity index (χ2n) is 4.19. The van der Waals surface area contributed by atoms with Gasteiger partial charge in [-0.1, -0.05) is 6.08 Å². The third-order valence-electron chi connectivity index (χ3n) is 3.01. The van der Waals surface area contributed by atoms with Gasteiger partial charge >= 0.3 is 5.97 Å². The molecule has 0 amide bonds. The molecule has 0 aromatic rings. The molecule has 16 heavy (non-hydrogen) atoms. The maximum atomic E-state index is 11.1. The Morgan fingerprint density at radius 1 is 1.50 bits per heavy atom. The summed E-state index contributed by atoms with van der Waals surface area (Å²) < 4.78 is 4.78. The van der Waals surface area contributed by atoms with Gasteiger partial charge in [0.15, 0.2) is 0 Å². The van der Waals surface area contributed by atoms with Gasteiger partial charge in [0.1, 0.15) is 0 Å². The largest absolute Gasteiger partial charge is 0.463 e. The van der Waals surface area contributed by atoms with Crippen LogP contribution >= 0.6 is 0 Å². The first-order valence-electron chi connectivity index (χ1n) is 5.81. The second-order valence-corrected chi connectivity index (χ2v) is 4.19. The van der Waals surface area contributed by atoms with Gasteiger partial charge in [-0.3, -0.25) is 0 Å². The molecule has 0 radical (unpaired) electrons. The predicted molar refractivity (Wildman–Crippen MR) is 59.7 cm³/mol. The predicted octanol–water partition coefficient (Wildman–Crippen LogP) is 0.875. The van der Waals surface area contributed by atoms with Gasteiger partial charge < -0.3 is 14.9 Å². The first-order valence-corrected chi connectivity index (χ1v) is 5.81. The Kier molecular flexibility index (Phi) is 5.49. The van der Waals surface area contributed by atoms with Crippen LogP contribution in [0, 0.1) is 11.8 Å². The van der Waals surface area contributed by atoms with E-state index in [0.29, 0.717) is 13.0 Å². The van der Waals surface area contributed by atoms with E-state index in [2.05, 4.69) is 0 Å². The van der Waals surface area contributed by atoms with Crippen LogP contribution in [0.15, 0.2) is 12.2 Å². The molecular formula is C12H20O4. The number of hydrogen-bond acceptors (Lipinski definition) is 4. The van der Waals surface area contributed by atoms with Crippen molar-refractivity contribution < 1.29 is 19.7 Å². The Labute approximate surface area is 95.9 Å². The van der Waals surface area contributed by atoms with E-state index in [-0.39, 0.29) is 24.4 Å². The molecule has 0 aromatic carbocycles. The molecule has 4 nitrogen and oxygen atoms in total. The lowest BCUT2D eigenvalue weighted by atomic mass is 9.80. The van der Waals surface area contributed by atoms with Crippen LogP contribution in [0.3, 0.4) is 0 Å². The van der Waals surface area contributed by atoms with Gasteiger partial charge in [-0.15, -0.1) is 0 Å². The Balaban J connectivity index is 2.41. The van der Waals surface area contributed by atoms with Crippen molar-refractivity contribution in [2.45, 2.75) is 32.3 Å². The van der Waals surface area contributed by atoms with Crippen molar-refractivity contribution in [3.8, 4) is 0 Å². The summed E-state index contributed by atoms with van der Waals surface area (Å²) in [4.78, 5) is 11.1. The Morgan fingerprint density at radius 3 is 2.88 bits per heavy atom. The first-order chi connectivity index (χ1) is 7.67. The molecule has 1 fully saturated rings. The van der Waals surface area contributed by atoms with E-state index in [4.69, 9.17) is 9.84 Å². The van der Waals surface area contributed by atoms with Gasteiger partial charge in [0.2, 0.25) is 0 Å². The zero-order valence-corrected chi connectivity index (χ0v) is 9.63. The Bertz CT molecular complexity index is 249. The molecule has 0 saturated heterocycles. The van der Waals surface area contributed by atoms with Crippen LogP contribution < -0.4 is 0 Å². The van der Waals surface area contributed by atoms with E-state index in [1.54, 1.807) is 6.92 Å². The maximum absolute atomic E-state index is 11.1. The average molecular weight is 228 g/mol. The zero-order chi connectivity index (χ0) is 12.0. The maximum Gasteiger partial charge on any atom is 0.330 e. The first kappa shape index (κ1) is 13.2. The van der Waals surface area contributed by atoms with E-state index in [9.17, 15) is 9.90 Å². The molecule has 3 atom stereocenters. The number of carbonyl (C=O) groups is 1. The van der Waals surface area contributed by atoms with Crippen molar-refractivity contribution in [2.75, 3.05) is 13.2 Å². The summed E-state index contributed by atoms with van der Waals surface area (Å²) in [5, 5.41) is 18.6. The van der Waals surface area contributed by atoms with Crippen LogP contribution in [0.1, 0.15) is 26.2 Å². The van der Waals surface area contributed by atoms with Crippen molar-refractivity contribution in [1.82, 2.24) is 0 Å². The van der Waals surface area contributed by atoms with Crippen molar-refractivity contribution in [3.05, 3.63) is 12.2 Å². The van der Waals surface area contributed by atoms with Gasteiger partial charge in [-0.2, -0.15) is 0 Å². The van der Waals surface area contributed by atoms with Gasteiger partial charge in [-0.05, 0) is 32.1 Å². The van der Waals surface area contributed by atoms with Crippen molar-refractivity contribution >= 4 is 5.97 Å². The highest BCUT2D eigenvalue weighted by molar-refractivity contribution is 5.81. The molecule has 2 N–H and O–H groups in total. The number of carbonyl (C=O) groups excluding carboxylic acids is 1. The standard InChI is InChI=1S/C12H20O4/c1-2-16-12(15)6-4-9-3-5-11(14)10(7-9)8-13/h4,6,9-11,13-14H,2-3,5,7-8H2,1H3/b6-4+. The highest BCUT2D eigenvalue weighted by Crippen LogP contribution is 2.29. The summed E-state index contributed by atoms with van der Waals surface area (Å²) in [7, 11) is 0. The molecule has 0 aliphatic heterocycles. The van der Waals surface area contributed by atoms with E-state index in [0.717, 1.165) is 12.8 Å². The number of aliphatic hydroxyl groups excluding tert-OH is 2. The molecule has 3 unspecified atom stereocenters. The number of hydrogen-bond donors (Lipinski definition) is 2. The Morgan fingerprint density at radius 2 is 2.25 bits per heavy atom. The van der Waals surface area contributed by atoms with E-state index in [1.165, 1.54) is 6.08 Å². The van der Waals surface area contributed by atoms with Gasteiger partial charge in [0, 0.05) is 18.6 Å². The molecule has 4 heteroatoms. The topological polar surface area (TPSA) is 66.8 Å². The van der Waals surface area contributed by atoms with Crippen LogP contribution in [-0.2, 0) is 9.53 Å². The van der Waals surface area contributed by atoms with Crippen LogP contribution in [0.5, 0.6) is 0 Å². The third kappa shape index (κ3) is 3.94. The van der Waals surface area contributed by atoms with Gasteiger partial charge in [0.05, 0.1) is 12.7 Å². The molecule has 1 aliphatic carbocycles. The fourth-order valence-electron chi connectivity index (χ4n) is 2.06. The smallest absolute Gasteiger partial charge is 0.330 e. The molecule has 1 rings (SSSR count). The number of rotatable bonds is 4. The summed E-state index contributed by atoms with van der Waals surface area (Å²) in [6, 6.07) is 0. The van der Waals surface area contributed by atoms with Gasteiger partial charge in [-0.25, -0.2) is 4.79 Å². The fourth-order valence-corrected chi connectivity index (χ4v) is 2.06. The number of allylic oxidation sites excluding steroid dienone is 1. The lowest BCUT2D eigenvalue weighted by molar-refractivity contribution is -0.137. The van der Waals surface area contributed by atoms with Crippen LogP contribution in [0.2, 0.25) is 0 Å². The molecular weight excluding hydrogens is 208 g/mol. The quantitative estimate of drug-likeness (QED) is 0.553. The minimum absolute atomic E-state index is 0.00487. The van der Waals surface area contributed by atoms with Crippen LogP contribution in [0.4, 0.5) is 0 Å². The van der Waals surface area contributed by atoms with Crippen molar-refractivity contribution in [3.63, 3.8) is 0 Å². The fraction of sp³-hybridized carbons (Fsp3) is 0.750. The minimum Gasteiger partial charge on any atom is -0.463 e. The molecule has 1 saturated carbocycles. The lowest BCUT2D eigenvalue weighted by Crippen LogP contribution is -2.31. The van der Waals surface area contributed by atoms with Crippen LogP contribution in [-0.4, -0.2) is 35.5 Å². The highest BCUT2D eigenvalue weighted by Gasteiger charge is 2.27. The lowest BCUT2D eigenvalue weighted by Gasteiger charge is -2.30. The minimum atomic E-state index is -0.405. The number of esters is 1. The molecule has 0 aromatic heterocycles. The molecule has 0 spiro atoms. The zero-order valence-electron chi connectivity index (χ0n) is 9.63. The Hall–Kier alpha value is -0.870. The van der Waals surface area contributed by atoms with E-state index >= 15 is 0 Å². The summed E-state index contributed by atoms with van der Waals surface area (Å²) in [5.41, 5.74) is 0. The monoisotopic (exact) mass is 228 g/mol. The van der Waals surface area contributed by atoms with Gasteiger partial charge in [0.25, 0.3) is 0 Å². The van der Waals surface area contributed by atoms with Crippen molar-refractivity contribution in [1.29, 1.82) is 0 Å². The van der Waals surface area contributed by atoms with E-state index in [1.807, 2.05) is 6.08 Å². The summed E-state index contributed by atoms with van der Waals surface area (Å²) in [6.07, 6.45) is 5.13. The summed E-state index contributed by atoms with van der Waals surface area (Å²) >= 11 is 0. The molecule has 0 bridgehead atoms. The van der Waals surface area contributed by atoms with Crippen LogP contribution in [0.25, 0.3) is 0 Å². The third-order valence-corrected chi connectivity index (χ3v) is 3.01. The highest BCUT2D eigenvalue weighted by atomic mass is 16.5. The molecule has 0 heterocycles. The SMILES string of the molecule is CCOC(=O)/C=C/C1CCC(O)C(CO)C1. The second kappa shape index (κ2) is 6.66. The number of aliphatic hydroxyl groups is 2. The normalized spacial score (nSPS) is 30.6. The molecule has 1 aliphatic rings. The average Bonchev–Trinajstić information content (AvgIpc) is 2.28. The number of ether oxygens (including phenoxy) is 1. The van der Waals surface area contributed by atoms with Crippen molar-refractivity contribution in [2.24, 2.45) is 11.8 Å². The van der Waals surface area contributed by atoms with E-state index < -0.39 is 6.10 Å². The summed E-state index contributed by atoms with van der Waals surface area (Å²) in [5.74, 6) is -0.135. The molecule has 92 valence electrons.